The Morgan fingerprint density at radius 1 is 1.32 bits per heavy atom. The second-order valence-corrected chi connectivity index (χ2v) is 5.37. The third-order valence-corrected chi connectivity index (χ3v) is 4.08. The molecule has 0 saturated carbocycles. The summed E-state index contributed by atoms with van der Waals surface area (Å²) in [5, 5.41) is 0. The van der Waals surface area contributed by atoms with E-state index in [1.165, 1.54) is 5.56 Å². The predicted octanol–water partition coefficient (Wildman–Crippen LogP) is 3.05. The highest BCUT2D eigenvalue weighted by molar-refractivity contribution is 7.80. The minimum atomic E-state index is -0.782. The number of nitrogens with zero attached hydrogens (tertiary/aromatic N) is 1. The summed E-state index contributed by atoms with van der Waals surface area (Å²) < 4.78 is 0. The fraction of sp³-hybridized carbons (Fsp3) is 0.467. The largest absolute Gasteiger partial charge is 0.392 e. The minimum Gasteiger partial charge on any atom is -0.392 e. The average Bonchev–Trinajstić information content (AvgIpc) is 2.40. The Labute approximate surface area is 120 Å². The van der Waals surface area contributed by atoms with Gasteiger partial charge in [0.15, 0.2) is 0 Å². The lowest BCUT2D eigenvalue weighted by atomic mass is 9.85. The van der Waals surface area contributed by atoms with Crippen molar-refractivity contribution in [1.29, 1.82) is 0 Å². The molecule has 0 spiro atoms. The van der Waals surface area contributed by atoms with E-state index in [9.17, 15) is 4.79 Å². The molecule has 4 heteroatoms. The van der Waals surface area contributed by atoms with Crippen LogP contribution in [0.4, 0.5) is 5.69 Å². The molecule has 1 amide bonds. The van der Waals surface area contributed by atoms with E-state index < -0.39 is 5.41 Å². The summed E-state index contributed by atoms with van der Waals surface area (Å²) in [6.07, 6.45) is 0.601. The van der Waals surface area contributed by atoms with Crippen molar-refractivity contribution in [3.05, 3.63) is 29.8 Å². The molecule has 0 saturated heterocycles. The quantitative estimate of drug-likeness (QED) is 0.842. The van der Waals surface area contributed by atoms with Gasteiger partial charge in [-0.2, -0.15) is 0 Å². The molecular formula is C15H22N2OS. The maximum absolute atomic E-state index is 12.7. The minimum absolute atomic E-state index is 0.0335. The van der Waals surface area contributed by atoms with Crippen molar-refractivity contribution >= 4 is 28.8 Å². The Balaban J connectivity index is 3.13. The third-order valence-electron chi connectivity index (χ3n) is 3.63. The van der Waals surface area contributed by atoms with Crippen LogP contribution in [-0.4, -0.2) is 17.4 Å². The highest BCUT2D eigenvalue weighted by atomic mass is 32.1. The van der Waals surface area contributed by atoms with Crippen molar-refractivity contribution in [3.8, 4) is 0 Å². The third kappa shape index (κ3) is 3.13. The van der Waals surface area contributed by atoms with Gasteiger partial charge in [-0.3, -0.25) is 4.79 Å². The molecule has 1 aromatic carbocycles. The molecule has 0 heterocycles. The Kier molecular flexibility index (Phi) is 5.06. The molecule has 3 nitrogen and oxygen atoms in total. The highest BCUT2D eigenvalue weighted by Crippen LogP contribution is 2.28. The van der Waals surface area contributed by atoms with E-state index in [2.05, 4.69) is 0 Å². The zero-order chi connectivity index (χ0) is 14.6. The number of aryl methyl sites for hydroxylation is 1. The van der Waals surface area contributed by atoms with E-state index in [0.717, 1.165) is 5.69 Å². The zero-order valence-electron chi connectivity index (χ0n) is 12.1. The van der Waals surface area contributed by atoms with Gasteiger partial charge in [-0.25, -0.2) is 0 Å². The second kappa shape index (κ2) is 6.15. The molecule has 0 radical (unpaired) electrons. The molecule has 104 valence electrons. The standard InChI is InChI=1S/C15H22N2OS/c1-5-15(4,13(16)19)14(18)17(6-2)12-9-7-11(3)8-10-12/h7-10H,5-6H2,1-4H3,(H2,16,19). The number of carbonyl (C=O) groups is 1. The van der Waals surface area contributed by atoms with Gasteiger partial charge in [0, 0.05) is 12.2 Å². The molecule has 0 aliphatic heterocycles. The van der Waals surface area contributed by atoms with Gasteiger partial charge in [-0.05, 0) is 39.3 Å². The van der Waals surface area contributed by atoms with Gasteiger partial charge >= 0.3 is 0 Å². The summed E-state index contributed by atoms with van der Waals surface area (Å²) in [5.74, 6) is -0.0335. The second-order valence-electron chi connectivity index (χ2n) is 4.93. The average molecular weight is 278 g/mol. The Bertz CT molecular complexity index is 470. The molecule has 2 N–H and O–H groups in total. The van der Waals surface area contributed by atoms with Crippen molar-refractivity contribution in [1.82, 2.24) is 0 Å². The number of anilines is 1. The molecule has 0 aliphatic rings. The Morgan fingerprint density at radius 2 is 1.84 bits per heavy atom. The van der Waals surface area contributed by atoms with Crippen LogP contribution < -0.4 is 10.6 Å². The molecule has 0 aromatic heterocycles. The summed E-state index contributed by atoms with van der Waals surface area (Å²) in [7, 11) is 0. The molecule has 0 fully saturated rings. The topological polar surface area (TPSA) is 46.3 Å². The van der Waals surface area contributed by atoms with Gasteiger partial charge in [0.25, 0.3) is 0 Å². The lowest BCUT2D eigenvalue weighted by molar-refractivity contribution is -0.124. The van der Waals surface area contributed by atoms with Gasteiger partial charge in [0.05, 0.1) is 10.4 Å². The number of benzene rings is 1. The number of thiocarbonyl (C=S) groups is 1. The van der Waals surface area contributed by atoms with Gasteiger partial charge in [-0.1, -0.05) is 36.8 Å². The lowest BCUT2D eigenvalue weighted by Crippen LogP contribution is -2.48. The molecule has 0 aliphatic carbocycles. The molecule has 1 rings (SSSR count). The van der Waals surface area contributed by atoms with Crippen molar-refractivity contribution < 1.29 is 4.79 Å². The lowest BCUT2D eigenvalue weighted by Gasteiger charge is -2.32. The van der Waals surface area contributed by atoms with Crippen LogP contribution in [0.25, 0.3) is 0 Å². The molecule has 19 heavy (non-hydrogen) atoms. The van der Waals surface area contributed by atoms with E-state index in [1.54, 1.807) is 4.90 Å². The van der Waals surface area contributed by atoms with Crippen LogP contribution in [-0.2, 0) is 4.79 Å². The number of carbonyl (C=O) groups excluding carboxylic acids is 1. The highest BCUT2D eigenvalue weighted by Gasteiger charge is 2.37. The van der Waals surface area contributed by atoms with Crippen LogP contribution >= 0.6 is 12.2 Å². The van der Waals surface area contributed by atoms with E-state index in [-0.39, 0.29) is 10.9 Å². The van der Waals surface area contributed by atoms with Crippen molar-refractivity contribution in [2.45, 2.75) is 34.1 Å². The van der Waals surface area contributed by atoms with Crippen LogP contribution in [0.3, 0.4) is 0 Å². The molecule has 1 aromatic rings. The van der Waals surface area contributed by atoms with Crippen LogP contribution in [0.1, 0.15) is 32.8 Å². The Morgan fingerprint density at radius 3 is 2.21 bits per heavy atom. The van der Waals surface area contributed by atoms with Crippen molar-refractivity contribution in [3.63, 3.8) is 0 Å². The molecular weight excluding hydrogens is 256 g/mol. The first-order valence-electron chi connectivity index (χ1n) is 6.55. The zero-order valence-corrected chi connectivity index (χ0v) is 12.9. The molecule has 1 atom stereocenters. The summed E-state index contributed by atoms with van der Waals surface area (Å²) in [6.45, 7) is 8.31. The SMILES string of the molecule is CCN(C(=O)C(C)(CC)C(N)=S)c1ccc(C)cc1. The molecule has 1 unspecified atom stereocenters. The summed E-state index contributed by atoms with van der Waals surface area (Å²) in [5.41, 5.74) is 7.03. The van der Waals surface area contributed by atoms with Crippen LogP contribution in [0, 0.1) is 12.3 Å². The van der Waals surface area contributed by atoms with Gasteiger partial charge in [0.1, 0.15) is 0 Å². The predicted molar refractivity (Wildman–Crippen MR) is 84.4 cm³/mol. The number of hydrogen-bond donors (Lipinski definition) is 1. The summed E-state index contributed by atoms with van der Waals surface area (Å²) in [6, 6.07) is 7.89. The fourth-order valence-electron chi connectivity index (χ4n) is 1.90. The van der Waals surface area contributed by atoms with E-state index in [1.807, 2.05) is 52.0 Å². The Hall–Kier alpha value is -1.42. The maximum atomic E-state index is 12.7. The fourth-order valence-corrected chi connectivity index (χ4v) is 2.13. The van der Waals surface area contributed by atoms with E-state index in [4.69, 9.17) is 18.0 Å². The van der Waals surface area contributed by atoms with Crippen molar-refractivity contribution in [2.75, 3.05) is 11.4 Å². The normalized spacial score (nSPS) is 13.7. The summed E-state index contributed by atoms with van der Waals surface area (Å²) in [4.78, 5) is 14.7. The van der Waals surface area contributed by atoms with Crippen LogP contribution in [0.2, 0.25) is 0 Å². The van der Waals surface area contributed by atoms with Gasteiger partial charge in [0.2, 0.25) is 5.91 Å². The number of nitrogens with two attached hydrogens (primary N) is 1. The number of rotatable bonds is 5. The number of amides is 1. The van der Waals surface area contributed by atoms with E-state index in [0.29, 0.717) is 13.0 Å². The number of hydrogen-bond acceptors (Lipinski definition) is 2. The first-order chi connectivity index (χ1) is 8.86. The monoisotopic (exact) mass is 278 g/mol. The van der Waals surface area contributed by atoms with Crippen LogP contribution in [0.15, 0.2) is 24.3 Å². The van der Waals surface area contributed by atoms with E-state index >= 15 is 0 Å². The van der Waals surface area contributed by atoms with Crippen LogP contribution in [0.5, 0.6) is 0 Å². The first-order valence-corrected chi connectivity index (χ1v) is 6.96. The van der Waals surface area contributed by atoms with Crippen molar-refractivity contribution in [2.24, 2.45) is 11.1 Å². The van der Waals surface area contributed by atoms with Gasteiger partial charge in [-0.15, -0.1) is 0 Å². The smallest absolute Gasteiger partial charge is 0.239 e. The maximum Gasteiger partial charge on any atom is 0.239 e. The van der Waals surface area contributed by atoms with Gasteiger partial charge < -0.3 is 10.6 Å². The first kappa shape index (κ1) is 15.6. The molecule has 0 bridgehead atoms. The summed E-state index contributed by atoms with van der Waals surface area (Å²) >= 11 is 5.07.